The van der Waals surface area contributed by atoms with Crippen molar-refractivity contribution >= 4 is 40.5 Å². The lowest BCUT2D eigenvalue weighted by Crippen LogP contribution is -2.31. The van der Waals surface area contributed by atoms with Crippen LogP contribution in [0.4, 0.5) is 11.4 Å². The van der Waals surface area contributed by atoms with Gasteiger partial charge in [-0.2, -0.15) is 0 Å². The van der Waals surface area contributed by atoms with Crippen molar-refractivity contribution in [1.82, 2.24) is 0 Å². The fourth-order valence-electron chi connectivity index (χ4n) is 2.49. The molecule has 2 amide bonds. The number of rotatable bonds is 2. The molecule has 23 heavy (non-hydrogen) atoms. The van der Waals surface area contributed by atoms with Gasteiger partial charge in [0.2, 0.25) is 0 Å². The molecule has 1 fully saturated rings. The smallest absolute Gasteiger partial charge is 0.272 e. The van der Waals surface area contributed by atoms with Gasteiger partial charge in [0.1, 0.15) is 5.71 Å². The minimum Gasteiger partial charge on any atom is -0.272 e. The minimum atomic E-state index is -1.07. The molecule has 1 unspecified atom stereocenters. The summed E-state index contributed by atoms with van der Waals surface area (Å²) in [5, 5.41) is -1.07. The van der Waals surface area contributed by atoms with Gasteiger partial charge in [0.05, 0.1) is 11.4 Å². The zero-order valence-corrected chi connectivity index (χ0v) is 13.5. The van der Waals surface area contributed by atoms with Crippen LogP contribution >= 0.6 is 11.6 Å². The van der Waals surface area contributed by atoms with Crippen molar-refractivity contribution in [3.8, 4) is 0 Å². The average molecular weight is 327 g/mol. The van der Waals surface area contributed by atoms with E-state index in [1.807, 2.05) is 38.1 Å². The molecule has 1 aliphatic rings. The van der Waals surface area contributed by atoms with Crippen molar-refractivity contribution in [2.24, 2.45) is 4.99 Å². The lowest BCUT2D eigenvalue weighted by atomic mass is 10.2. The molecular formula is C18H15ClN2O2. The zero-order valence-electron chi connectivity index (χ0n) is 12.8. The van der Waals surface area contributed by atoms with E-state index in [-0.39, 0.29) is 5.71 Å². The third-order valence-corrected chi connectivity index (χ3v) is 4.11. The van der Waals surface area contributed by atoms with Gasteiger partial charge in [0.25, 0.3) is 11.8 Å². The number of hydrogen-bond donors (Lipinski definition) is 0. The molecule has 0 spiro atoms. The highest BCUT2D eigenvalue weighted by Crippen LogP contribution is 2.27. The van der Waals surface area contributed by atoms with Crippen LogP contribution in [0.5, 0.6) is 0 Å². The molecule has 1 atom stereocenters. The van der Waals surface area contributed by atoms with Crippen LogP contribution in [0.15, 0.2) is 53.5 Å². The highest BCUT2D eigenvalue weighted by Gasteiger charge is 2.44. The first-order valence-electron chi connectivity index (χ1n) is 7.22. The maximum atomic E-state index is 12.6. The van der Waals surface area contributed by atoms with Gasteiger partial charge in [-0.05, 0) is 43.2 Å². The molecule has 0 radical (unpaired) electrons. The van der Waals surface area contributed by atoms with E-state index in [0.29, 0.717) is 11.4 Å². The number of aliphatic imine (C=N–C) groups is 1. The van der Waals surface area contributed by atoms with E-state index in [1.54, 1.807) is 24.3 Å². The van der Waals surface area contributed by atoms with Gasteiger partial charge in [-0.15, -0.1) is 11.6 Å². The molecule has 5 heteroatoms. The Hall–Kier alpha value is -2.46. The predicted molar refractivity (Wildman–Crippen MR) is 91.6 cm³/mol. The second-order valence-corrected chi connectivity index (χ2v) is 5.90. The predicted octanol–water partition coefficient (Wildman–Crippen LogP) is 3.56. The number of aryl methyl sites for hydroxylation is 2. The molecule has 1 heterocycles. The Morgan fingerprint density at radius 1 is 1.04 bits per heavy atom. The van der Waals surface area contributed by atoms with Crippen LogP contribution in [0.1, 0.15) is 11.1 Å². The molecule has 1 aliphatic heterocycles. The SMILES string of the molecule is Cc1cccc(N2C(=O)C(=Nc3ccccc3C)C(Cl)C2=O)c1. The molecule has 0 aromatic heterocycles. The van der Waals surface area contributed by atoms with E-state index < -0.39 is 17.2 Å². The van der Waals surface area contributed by atoms with Gasteiger partial charge < -0.3 is 0 Å². The van der Waals surface area contributed by atoms with E-state index in [0.717, 1.165) is 16.0 Å². The monoisotopic (exact) mass is 326 g/mol. The van der Waals surface area contributed by atoms with Gasteiger partial charge in [0, 0.05) is 0 Å². The van der Waals surface area contributed by atoms with Crippen molar-refractivity contribution in [2.75, 3.05) is 4.90 Å². The number of alkyl halides is 1. The Morgan fingerprint density at radius 3 is 2.48 bits per heavy atom. The number of benzene rings is 2. The molecule has 1 saturated heterocycles. The van der Waals surface area contributed by atoms with Crippen LogP contribution in [0, 0.1) is 13.8 Å². The van der Waals surface area contributed by atoms with Crippen molar-refractivity contribution in [3.63, 3.8) is 0 Å². The van der Waals surface area contributed by atoms with Gasteiger partial charge >= 0.3 is 0 Å². The quantitative estimate of drug-likeness (QED) is 0.626. The van der Waals surface area contributed by atoms with E-state index in [1.165, 1.54) is 0 Å². The van der Waals surface area contributed by atoms with E-state index in [4.69, 9.17) is 11.6 Å². The summed E-state index contributed by atoms with van der Waals surface area (Å²) in [6.45, 7) is 3.79. The first-order valence-corrected chi connectivity index (χ1v) is 7.66. The third kappa shape index (κ3) is 2.78. The number of carbonyl (C=O) groups is 2. The van der Waals surface area contributed by atoms with E-state index >= 15 is 0 Å². The maximum Gasteiger partial charge on any atom is 0.281 e. The Labute approximate surface area is 139 Å². The van der Waals surface area contributed by atoms with Gasteiger partial charge in [0.15, 0.2) is 5.38 Å². The summed E-state index contributed by atoms with van der Waals surface area (Å²) in [6.07, 6.45) is 0. The summed E-state index contributed by atoms with van der Waals surface area (Å²) in [4.78, 5) is 30.5. The highest BCUT2D eigenvalue weighted by molar-refractivity contribution is 6.68. The van der Waals surface area contributed by atoms with Crippen LogP contribution in [-0.2, 0) is 9.59 Å². The summed E-state index contributed by atoms with van der Waals surface area (Å²) in [5.41, 5.74) is 3.09. The van der Waals surface area contributed by atoms with Crippen molar-refractivity contribution in [2.45, 2.75) is 19.2 Å². The molecule has 0 aliphatic carbocycles. The number of nitrogens with zero attached hydrogens (tertiary/aromatic N) is 2. The second-order valence-electron chi connectivity index (χ2n) is 5.46. The Balaban J connectivity index is 2.04. The third-order valence-electron chi connectivity index (χ3n) is 3.72. The van der Waals surface area contributed by atoms with Gasteiger partial charge in [-0.3, -0.25) is 9.59 Å². The summed E-state index contributed by atoms with van der Waals surface area (Å²) in [7, 11) is 0. The van der Waals surface area contributed by atoms with E-state index in [2.05, 4.69) is 4.99 Å². The highest BCUT2D eigenvalue weighted by atomic mass is 35.5. The average Bonchev–Trinajstić information content (AvgIpc) is 2.73. The minimum absolute atomic E-state index is 0.0625. The maximum absolute atomic E-state index is 12.6. The van der Waals surface area contributed by atoms with Crippen molar-refractivity contribution in [3.05, 3.63) is 59.7 Å². The summed E-state index contributed by atoms with van der Waals surface area (Å²) in [5.74, 6) is -0.932. The number of amides is 2. The fourth-order valence-corrected chi connectivity index (χ4v) is 2.73. The Kier molecular flexibility index (Phi) is 4.01. The number of imide groups is 1. The Morgan fingerprint density at radius 2 is 1.78 bits per heavy atom. The second kappa shape index (κ2) is 5.97. The molecular weight excluding hydrogens is 312 g/mol. The Bertz CT molecular complexity index is 829. The van der Waals surface area contributed by atoms with Crippen LogP contribution in [0.25, 0.3) is 0 Å². The molecule has 2 aromatic rings. The molecule has 116 valence electrons. The first kappa shape index (κ1) is 15.4. The van der Waals surface area contributed by atoms with Crippen LogP contribution in [0.2, 0.25) is 0 Å². The first-order chi connectivity index (χ1) is 11.0. The molecule has 0 bridgehead atoms. The normalized spacial score (nSPS) is 19.7. The summed E-state index contributed by atoms with van der Waals surface area (Å²) in [6, 6.07) is 14.6. The molecule has 0 N–H and O–H groups in total. The van der Waals surface area contributed by atoms with E-state index in [9.17, 15) is 9.59 Å². The van der Waals surface area contributed by atoms with Crippen LogP contribution < -0.4 is 4.90 Å². The number of para-hydroxylation sites is 1. The summed E-state index contributed by atoms with van der Waals surface area (Å²) >= 11 is 6.17. The van der Waals surface area contributed by atoms with Crippen molar-refractivity contribution < 1.29 is 9.59 Å². The largest absolute Gasteiger partial charge is 0.281 e. The number of anilines is 1. The molecule has 3 rings (SSSR count). The zero-order chi connectivity index (χ0) is 16.6. The number of hydrogen-bond acceptors (Lipinski definition) is 3. The molecule has 2 aromatic carbocycles. The van der Waals surface area contributed by atoms with Gasteiger partial charge in [-0.25, -0.2) is 9.89 Å². The lowest BCUT2D eigenvalue weighted by molar-refractivity contribution is -0.120. The molecule has 4 nitrogen and oxygen atoms in total. The number of halogens is 1. The molecule has 0 saturated carbocycles. The van der Waals surface area contributed by atoms with Crippen molar-refractivity contribution in [1.29, 1.82) is 0 Å². The summed E-state index contributed by atoms with van der Waals surface area (Å²) < 4.78 is 0. The fraction of sp³-hybridized carbons (Fsp3) is 0.167. The topological polar surface area (TPSA) is 49.7 Å². The van der Waals surface area contributed by atoms with Crippen LogP contribution in [0.3, 0.4) is 0 Å². The number of carbonyl (C=O) groups excluding carboxylic acids is 2. The van der Waals surface area contributed by atoms with Gasteiger partial charge in [-0.1, -0.05) is 30.3 Å². The lowest BCUT2D eigenvalue weighted by Gasteiger charge is -2.13. The van der Waals surface area contributed by atoms with Crippen LogP contribution in [-0.4, -0.2) is 22.9 Å². The standard InChI is InChI=1S/C18H15ClN2O2/c1-11-6-5-8-13(10-11)21-17(22)15(19)16(18(21)23)20-14-9-4-3-7-12(14)2/h3-10,15H,1-2H3.